The summed E-state index contributed by atoms with van der Waals surface area (Å²) < 4.78 is 20.4. The SMILES string of the molecule is Cc1c(O)ccc2c(CSc3nnc(Cc4ccccc4F)n3N)cc(=O)oc12. The smallest absolute Gasteiger partial charge is 0.336 e. The summed E-state index contributed by atoms with van der Waals surface area (Å²) in [5.74, 6) is 6.64. The zero-order valence-corrected chi connectivity index (χ0v) is 16.2. The third kappa shape index (κ3) is 3.68. The first-order chi connectivity index (χ1) is 13.9. The number of benzene rings is 2. The molecular weight excluding hydrogens is 395 g/mol. The van der Waals surface area contributed by atoms with Crippen LogP contribution in [0.2, 0.25) is 0 Å². The van der Waals surface area contributed by atoms with Crippen LogP contribution in [0.4, 0.5) is 4.39 Å². The number of nitrogens with zero attached hydrogens (tertiary/aromatic N) is 3. The summed E-state index contributed by atoms with van der Waals surface area (Å²) in [4.78, 5) is 11.9. The van der Waals surface area contributed by atoms with E-state index in [4.69, 9.17) is 10.3 Å². The lowest BCUT2D eigenvalue weighted by Crippen LogP contribution is -2.14. The molecule has 0 aliphatic carbocycles. The predicted octanol–water partition coefficient (Wildman–Crippen LogP) is 3.13. The molecule has 9 heteroatoms. The van der Waals surface area contributed by atoms with Crippen LogP contribution in [-0.2, 0) is 12.2 Å². The van der Waals surface area contributed by atoms with Gasteiger partial charge in [-0.25, -0.2) is 13.9 Å². The van der Waals surface area contributed by atoms with Gasteiger partial charge < -0.3 is 15.4 Å². The second-order valence-electron chi connectivity index (χ2n) is 6.50. The summed E-state index contributed by atoms with van der Waals surface area (Å²) in [6.45, 7) is 1.68. The Morgan fingerprint density at radius 3 is 2.79 bits per heavy atom. The second-order valence-corrected chi connectivity index (χ2v) is 7.45. The van der Waals surface area contributed by atoms with Crippen LogP contribution in [0, 0.1) is 12.7 Å². The Hall–Kier alpha value is -3.33. The van der Waals surface area contributed by atoms with Gasteiger partial charge in [0.05, 0.1) is 0 Å². The lowest BCUT2D eigenvalue weighted by Gasteiger charge is -2.08. The topological polar surface area (TPSA) is 107 Å². The maximum absolute atomic E-state index is 13.9. The standard InChI is InChI=1S/C20H17FN4O3S/c1-11-16(26)7-6-14-13(9-18(27)28-19(11)14)10-29-20-24-23-17(25(20)22)8-12-4-2-3-5-15(12)21/h2-7,9,26H,8,10,22H2,1H3. The van der Waals surface area contributed by atoms with Gasteiger partial charge in [-0.3, -0.25) is 0 Å². The molecule has 0 unspecified atom stereocenters. The molecule has 0 saturated carbocycles. The van der Waals surface area contributed by atoms with Crippen molar-refractivity contribution < 1.29 is 13.9 Å². The van der Waals surface area contributed by atoms with E-state index in [2.05, 4.69) is 10.2 Å². The number of aryl methyl sites for hydroxylation is 1. The summed E-state index contributed by atoms with van der Waals surface area (Å²) >= 11 is 1.30. The van der Waals surface area contributed by atoms with E-state index in [1.165, 1.54) is 28.6 Å². The molecule has 148 valence electrons. The van der Waals surface area contributed by atoms with Crippen molar-refractivity contribution in [3.8, 4) is 5.75 Å². The fourth-order valence-corrected chi connectivity index (χ4v) is 3.88. The summed E-state index contributed by atoms with van der Waals surface area (Å²) in [5, 5.41) is 19.2. The van der Waals surface area contributed by atoms with Crippen molar-refractivity contribution in [2.75, 3.05) is 5.84 Å². The van der Waals surface area contributed by atoms with E-state index in [1.54, 1.807) is 37.3 Å². The van der Waals surface area contributed by atoms with Gasteiger partial charge in [-0.1, -0.05) is 30.0 Å². The zero-order chi connectivity index (χ0) is 20.5. The van der Waals surface area contributed by atoms with Crippen LogP contribution in [-0.4, -0.2) is 20.0 Å². The fraction of sp³-hybridized carbons (Fsp3) is 0.150. The Labute approximate surface area is 169 Å². The molecule has 3 N–H and O–H groups in total. The van der Waals surface area contributed by atoms with Crippen LogP contribution in [0.1, 0.15) is 22.5 Å². The highest BCUT2D eigenvalue weighted by Gasteiger charge is 2.15. The number of halogens is 1. The molecule has 2 heterocycles. The molecule has 0 aliphatic heterocycles. The van der Waals surface area contributed by atoms with Gasteiger partial charge in [-0.2, -0.15) is 0 Å². The molecule has 0 spiro atoms. The number of hydrogen-bond donors (Lipinski definition) is 2. The van der Waals surface area contributed by atoms with Crippen LogP contribution in [0.25, 0.3) is 11.0 Å². The van der Waals surface area contributed by atoms with Crippen molar-refractivity contribution >= 4 is 22.7 Å². The number of hydrogen-bond acceptors (Lipinski definition) is 7. The second kappa shape index (κ2) is 7.59. The van der Waals surface area contributed by atoms with Crippen molar-refractivity contribution in [3.05, 3.63) is 81.2 Å². The van der Waals surface area contributed by atoms with E-state index in [0.29, 0.717) is 33.4 Å². The third-order valence-corrected chi connectivity index (χ3v) is 5.61. The van der Waals surface area contributed by atoms with Gasteiger partial charge in [0.15, 0.2) is 5.82 Å². The predicted molar refractivity (Wildman–Crippen MR) is 108 cm³/mol. The maximum Gasteiger partial charge on any atom is 0.336 e. The van der Waals surface area contributed by atoms with Gasteiger partial charge in [0, 0.05) is 29.2 Å². The molecule has 4 aromatic rings. The lowest BCUT2D eigenvalue weighted by atomic mass is 10.1. The van der Waals surface area contributed by atoms with Crippen molar-refractivity contribution in [1.82, 2.24) is 14.9 Å². The largest absolute Gasteiger partial charge is 0.508 e. The van der Waals surface area contributed by atoms with Crippen LogP contribution in [0.15, 0.2) is 56.8 Å². The van der Waals surface area contributed by atoms with Crippen molar-refractivity contribution in [3.63, 3.8) is 0 Å². The average molecular weight is 412 g/mol. The van der Waals surface area contributed by atoms with E-state index >= 15 is 0 Å². The van der Waals surface area contributed by atoms with Gasteiger partial charge in [0.25, 0.3) is 0 Å². The summed E-state index contributed by atoms with van der Waals surface area (Å²) in [6.07, 6.45) is 0.215. The number of phenolic OH excluding ortho intramolecular Hbond substituents is 1. The number of nitrogen functional groups attached to an aromatic ring is 1. The first kappa shape index (κ1) is 19.0. The summed E-state index contributed by atoms with van der Waals surface area (Å²) in [7, 11) is 0. The normalized spacial score (nSPS) is 11.2. The van der Waals surface area contributed by atoms with Crippen LogP contribution >= 0.6 is 11.8 Å². The van der Waals surface area contributed by atoms with Crippen molar-refractivity contribution in [2.24, 2.45) is 0 Å². The molecule has 0 saturated heterocycles. The molecule has 4 rings (SSSR count). The first-order valence-corrected chi connectivity index (χ1v) is 9.73. The number of fused-ring (bicyclic) bond motifs is 1. The quantitative estimate of drug-likeness (QED) is 0.295. The van der Waals surface area contributed by atoms with Crippen molar-refractivity contribution in [1.29, 1.82) is 0 Å². The fourth-order valence-electron chi connectivity index (χ4n) is 3.02. The van der Waals surface area contributed by atoms with E-state index in [1.807, 2.05) is 0 Å². The minimum absolute atomic E-state index is 0.0601. The number of rotatable bonds is 5. The van der Waals surface area contributed by atoms with E-state index in [9.17, 15) is 14.3 Å². The van der Waals surface area contributed by atoms with Gasteiger partial charge in [0.2, 0.25) is 5.16 Å². The minimum Gasteiger partial charge on any atom is -0.508 e. The third-order valence-electron chi connectivity index (χ3n) is 4.62. The molecule has 0 radical (unpaired) electrons. The van der Waals surface area contributed by atoms with Crippen molar-refractivity contribution in [2.45, 2.75) is 24.3 Å². The van der Waals surface area contributed by atoms with Gasteiger partial charge in [-0.05, 0) is 36.2 Å². The van der Waals surface area contributed by atoms with E-state index < -0.39 is 5.63 Å². The molecule has 29 heavy (non-hydrogen) atoms. The van der Waals surface area contributed by atoms with Crippen LogP contribution in [0.3, 0.4) is 0 Å². The zero-order valence-electron chi connectivity index (χ0n) is 15.4. The Morgan fingerprint density at radius 1 is 1.21 bits per heavy atom. The maximum atomic E-state index is 13.9. The molecule has 2 aromatic carbocycles. The number of thioether (sulfide) groups is 1. The molecule has 0 atom stereocenters. The highest BCUT2D eigenvalue weighted by Crippen LogP contribution is 2.30. The minimum atomic E-state index is -0.503. The Bertz CT molecular complexity index is 1270. The number of nitrogens with two attached hydrogens (primary N) is 1. The first-order valence-electron chi connectivity index (χ1n) is 8.75. The molecule has 0 fully saturated rings. The molecular formula is C20H17FN4O3S. The molecule has 0 amide bonds. The molecule has 0 bridgehead atoms. The van der Waals surface area contributed by atoms with Crippen LogP contribution < -0.4 is 11.5 Å². The van der Waals surface area contributed by atoms with Gasteiger partial charge >= 0.3 is 5.63 Å². The number of aromatic hydroxyl groups is 1. The Balaban J connectivity index is 1.59. The Kier molecular flexibility index (Phi) is 4.98. The van der Waals surface area contributed by atoms with Gasteiger partial charge in [0.1, 0.15) is 17.1 Å². The monoisotopic (exact) mass is 412 g/mol. The van der Waals surface area contributed by atoms with E-state index in [0.717, 1.165) is 10.9 Å². The van der Waals surface area contributed by atoms with Crippen LogP contribution in [0.5, 0.6) is 5.75 Å². The summed E-state index contributed by atoms with van der Waals surface area (Å²) in [6, 6.07) is 11.1. The Morgan fingerprint density at radius 2 is 2.00 bits per heavy atom. The molecule has 2 aromatic heterocycles. The highest BCUT2D eigenvalue weighted by atomic mass is 32.2. The van der Waals surface area contributed by atoms with Gasteiger partial charge in [-0.15, -0.1) is 10.2 Å². The lowest BCUT2D eigenvalue weighted by molar-refractivity contribution is 0.468. The van der Waals surface area contributed by atoms with E-state index in [-0.39, 0.29) is 18.0 Å². The average Bonchev–Trinajstić information content (AvgIpc) is 3.04. The molecule has 0 aliphatic rings. The highest BCUT2D eigenvalue weighted by molar-refractivity contribution is 7.98. The number of aromatic nitrogens is 3. The summed E-state index contributed by atoms with van der Waals surface area (Å²) in [5.41, 5.74) is 1.55. The molecule has 7 nitrogen and oxygen atoms in total. The number of phenols is 1.